The van der Waals surface area contributed by atoms with Crippen LogP contribution in [0.4, 0.5) is 0 Å². The molecule has 84 valence electrons. The highest BCUT2D eigenvalue weighted by molar-refractivity contribution is 9.10. The summed E-state index contributed by atoms with van der Waals surface area (Å²) in [5, 5.41) is 0. The first kappa shape index (κ1) is 12.6. The van der Waals surface area contributed by atoms with E-state index in [1.807, 2.05) is 13.8 Å². The maximum absolute atomic E-state index is 12.0. The van der Waals surface area contributed by atoms with Crippen LogP contribution in [0.15, 0.2) is 21.4 Å². The molecule has 0 N–H and O–H groups in total. The van der Waals surface area contributed by atoms with Crippen molar-refractivity contribution in [2.75, 3.05) is 12.9 Å². The van der Waals surface area contributed by atoms with Crippen molar-refractivity contribution in [1.29, 1.82) is 0 Å². The Kier molecular flexibility index (Phi) is 3.84. The third-order valence-electron chi connectivity index (χ3n) is 2.39. The molecule has 0 saturated heterocycles. The van der Waals surface area contributed by atoms with Crippen molar-refractivity contribution in [3.05, 3.63) is 22.6 Å². The second kappa shape index (κ2) is 4.58. The van der Waals surface area contributed by atoms with Gasteiger partial charge in [0, 0.05) is 12.9 Å². The van der Waals surface area contributed by atoms with Crippen LogP contribution in [0.25, 0.3) is 0 Å². The van der Waals surface area contributed by atoms with Crippen LogP contribution in [-0.2, 0) is 0 Å². The molecule has 0 aliphatic carbocycles. The summed E-state index contributed by atoms with van der Waals surface area (Å²) in [5.41, 5.74) is 0.130. The fourth-order valence-electron chi connectivity index (χ4n) is 0.991. The molecule has 0 radical (unpaired) electrons. The Morgan fingerprint density at radius 2 is 2.27 bits per heavy atom. The van der Waals surface area contributed by atoms with Gasteiger partial charge in [0.2, 0.25) is 0 Å². The summed E-state index contributed by atoms with van der Waals surface area (Å²) in [6.45, 7) is 3.82. The van der Waals surface area contributed by atoms with E-state index in [0.717, 1.165) is 0 Å². The number of carbonyl (C=O) groups is 1. The number of hydrogen-bond acceptors (Lipinski definition) is 2. The van der Waals surface area contributed by atoms with E-state index in [4.69, 9.17) is 16.0 Å². The van der Waals surface area contributed by atoms with Crippen LogP contribution in [0.3, 0.4) is 0 Å². The van der Waals surface area contributed by atoms with Gasteiger partial charge in [-0.05, 0) is 35.8 Å². The predicted molar refractivity (Wildman–Crippen MR) is 63.3 cm³/mol. The maximum atomic E-state index is 12.0. The number of alkyl halides is 1. The minimum absolute atomic E-state index is 0.110. The number of carbonyl (C=O) groups excluding carboxylic acids is 1. The second-order valence-electron chi connectivity index (χ2n) is 3.92. The summed E-state index contributed by atoms with van der Waals surface area (Å²) in [6, 6.07) is 1.63. The van der Waals surface area contributed by atoms with Crippen LogP contribution in [0.1, 0.15) is 24.2 Å². The van der Waals surface area contributed by atoms with Gasteiger partial charge in [0.25, 0.3) is 5.91 Å². The Bertz CT molecular complexity index is 362. The zero-order valence-electron chi connectivity index (χ0n) is 8.88. The lowest BCUT2D eigenvalue weighted by Gasteiger charge is -2.33. The lowest BCUT2D eigenvalue weighted by molar-refractivity contribution is 0.0658. The molecule has 0 aliphatic rings. The van der Waals surface area contributed by atoms with Gasteiger partial charge in [-0.2, -0.15) is 0 Å². The average molecular weight is 295 g/mol. The average Bonchev–Trinajstić information content (AvgIpc) is 2.62. The van der Waals surface area contributed by atoms with Gasteiger partial charge in [0.15, 0.2) is 4.67 Å². The standard InChI is InChI=1S/C10H13BrClNO2/c1-10(2,6-12)13(3)9(14)7-4-5-15-8(7)11/h4-5H,6H2,1-3H3. The smallest absolute Gasteiger partial charge is 0.258 e. The van der Waals surface area contributed by atoms with E-state index in [1.165, 1.54) is 6.26 Å². The Balaban J connectivity index is 2.92. The van der Waals surface area contributed by atoms with E-state index in [9.17, 15) is 4.79 Å². The summed E-state index contributed by atoms with van der Waals surface area (Å²) < 4.78 is 5.47. The quantitative estimate of drug-likeness (QED) is 0.803. The predicted octanol–water partition coefficient (Wildman–Crippen LogP) is 3.13. The first-order valence-electron chi connectivity index (χ1n) is 4.47. The van der Waals surface area contributed by atoms with Crippen molar-refractivity contribution in [3.63, 3.8) is 0 Å². The topological polar surface area (TPSA) is 33.5 Å². The molecule has 5 heteroatoms. The minimum Gasteiger partial charge on any atom is -0.457 e. The van der Waals surface area contributed by atoms with Crippen LogP contribution in [0.2, 0.25) is 0 Å². The van der Waals surface area contributed by atoms with Gasteiger partial charge >= 0.3 is 0 Å². The van der Waals surface area contributed by atoms with Crippen LogP contribution >= 0.6 is 27.5 Å². The van der Waals surface area contributed by atoms with E-state index in [1.54, 1.807) is 18.0 Å². The number of halogens is 2. The second-order valence-corrected chi connectivity index (χ2v) is 4.91. The molecule has 0 spiro atoms. The van der Waals surface area contributed by atoms with E-state index in [2.05, 4.69) is 15.9 Å². The molecule has 1 amide bonds. The SMILES string of the molecule is CN(C(=O)c1ccoc1Br)C(C)(C)CCl. The van der Waals surface area contributed by atoms with Gasteiger partial charge in [-0.1, -0.05) is 0 Å². The molecule has 1 aromatic rings. The Hall–Kier alpha value is -0.480. The Labute approximate surface area is 103 Å². The first-order valence-corrected chi connectivity index (χ1v) is 5.80. The van der Waals surface area contributed by atoms with Gasteiger partial charge in [-0.15, -0.1) is 11.6 Å². The molecular formula is C10H13BrClNO2. The van der Waals surface area contributed by atoms with E-state index in [-0.39, 0.29) is 11.4 Å². The first-order chi connectivity index (χ1) is 6.90. The highest BCUT2D eigenvalue weighted by Gasteiger charge is 2.29. The summed E-state index contributed by atoms with van der Waals surface area (Å²) in [7, 11) is 1.73. The Morgan fingerprint density at radius 3 is 2.67 bits per heavy atom. The lowest BCUT2D eigenvalue weighted by Crippen LogP contribution is -2.46. The monoisotopic (exact) mass is 293 g/mol. The Morgan fingerprint density at radius 1 is 1.67 bits per heavy atom. The minimum atomic E-state index is -0.380. The molecule has 0 bridgehead atoms. The largest absolute Gasteiger partial charge is 0.457 e. The molecule has 0 fully saturated rings. The van der Waals surface area contributed by atoms with Gasteiger partial charge in [0.1, 0.15) is 0 Å². The number of nitrogens with zero attached hydrogens (tertiary/aromatic N) is 1. The summed E-state index contributed by atoms with van der Waals surface area (Å²) in [6.07, 6.45) is 1.47. The van der Waals surface area contributed by atoms with Crippen molar-refractivity contribution in [2.24, 2.45) is 0 Å². The molecule has 0 saturated carbocycles. The number of hydrogen-bond donors (Lipinski definition) is 0. The van der Waals surface area contributed by atoms with Gasteiger partial charge < -0.3 is 9.32 Å². The van der Waals surface area contributed by atoms with Gasteiger partial charge in [-0.25, -0.2) is 0 Å². The van der Waals surface area contributed by atoms with Crippen LogP contribution in [-0.4, -0.2) is 29.3 Å². The number of furan rings is 1. The zero-order valence-corrected chi connectivity index (χ0v) is 11.2. The van der Waals surface area contributed by atoms with Crippen molar-refractivity contribution >= 4 is 33.4 Å². The number of amides is 1. The highest BCUT2D eigenvalue weighted by Crippen LogP contribution is 2.23. The van der Waals surface area contributed by atoms with Crippen molar-refractivity contribution in [1.82, 2.24) is 4.90 Å². The molecule has 0 unspecified atom stereocenters. The maximum Gasteiger partial charge on any atom is 0.258 e. The van der Waals surface area contributed by atoms with Crippen molar-refractivity contribution < 1.29 is 9.21 Å². The molecule has 0 aliphatic heterocycles. The third kappa shape index (κ3) is 2.55. The van der Waals surface area contributed by atoms with E-state index in [0.29, 0.717) is 16.1 Å². The molecule has 0 atom stereocenters. The molecular weight excluding hydrogens is 281 g/mol. The van der Waals surface area contributed by atoms with E-state index < -0.39 is 0 Å². The van der Waals surface area contributed by atoms with Crippen LogP contribution in [0.5, 0.6) is 0 Å². The van der Waals surface area contributed by atoms with Crippen LogP contribution < -0.4 is 0 Å². The van der Waals surface area contributed by atoms with Crippen molar-refractivity contribution in [3.8, 4) is 0 Å². The molecule has 0 aromatic carbocycles. The normalized spacial score (nSPS) is 11.5. The highest BCUT2D eigenvalue weighted by atomic mass is 79.9. The fraction of sp³-hybridized carbons (Fsp3) is 0.500. The lowest BCUT2D eigenvalue weighted by atomic mass is 10.1. The van der Waals surface area contributed by atoms with Crippen LogP contribution in [0, 0.1) is 0 Å². The number of rotatable bonds is 3. The molecule has 1 aromatic heterocycles. The molecule has 15 heavy (non-hydrogen) atoms. The van der Waals surface area contributed by atoms with Crippen molar-refractivity contribution in [2.45, 2.75) is 19.4 Å². The van der Waals surface area contributed by atoms with E-state index >= 15 is 0 Å². The fourth-order valence-corrected chi connectivity index (χ4v) is 1.58. The summed E-state index contributed by atoms with van der Waals surface area (Å²) in [5.74, 6) is 0.270. The molecule has 1 rings (SSSR count). The van der Waals surface area contributed by atoms with Gasteiger partial charge in [-0.3, -0.25) is 4.79 Å². The van der Waals surface area contributed by atoms with Gasteiger partial charge in [0.05, 0.1) is 17.4 Å². The third-order valence-corrected chi connectivity index (χ3v) is 3.66. The summed E-state index contributed by atoms with van der Waals surface area (Å²) >= 11 is 8.98. The molecule has 1 heterocycles. The molecule has 3 nitrogen and oxygen atoms in total. The summed E-state index contributed by atoms with van der Waals surface area (Å²) in [4.78, 5) is 13.6. The zero-order chi connectivity index (χ0) is 11.6.